The van der Waals surface area contributed by atoms with Crippen LogP contribution in [0.5, 0.6) is 0 Å². The Hall–Kier alpha value is -0.870. The summed E-state index contributed by atoms with van der Waals surface area (Å²) in [5.74, 6) is 0.589. The molecule has 0 amide bonds. The van der Waals surface area contributed by atoms with Gasteiger partial charge in [0.2, 0.25) is 0 Å². The van der Waals surface area contributed by atoms with Gasteiger partial charge in [0, 0.05) is 11.5 Å². The van der Waals surface area contributed by atoms with Crippen LogP contribution in [0, 0.1) is 11.8 Å². The lowest BCUT2D eigenvalue weighted by Gasteiger charge is -2.29. The van der Waals surface area contributed by atoms with Gasteiger partial charge in [-0.05, 0) is 32.1 Å². The quantitative estimate of drug-likeness (QED) is 0.542. The van der Waals surface area contributed by atoms with E-state index in [1.54, 1.807) is 6.92 Å². The zero-order valence-corrected chi connectivity index (χ0v) is 10.1. The second-order valence-electron chi connectivity index (χ2n) is 5.42. The van der Waals surface area contributed by atoms with E-state index in [4.69, 9.17) is 14.2 Å². The van der Waals surface area contributed by atoms with Crippen molar-refractivity contribution in [3.05, 3.63) is 12.2 Å². The Labute approximate surface area is 101 Å². The number of carbonyl (C=O) groups is 1. The molecule has 3 fully saturated rings. The Morgan fingerprint density at radius 2 is 2.00 bits per heavy atom. The van der Waals surface area contributed by atoms with Crippen LogP contribution in [0.3, 0.4) is 0 Å². The Balaban J connectivity index is 1.77. The fourth-order valence-electron chi connectivity index (χ4n) is 3.39. The highest BCUT2D eigenvalue weighted by atomic mass is 16.7. The van der Waals surface area contributed by atoms with Gasteiger partial charge < -0.3 is 14.2 Å². The van der Waals surface area contributed by atoms with Crippen LogP contribution < -0.4 is 0 Å². The highest BCUT2D eigenvalue weighted by molar-refractivity contribution is 5.87. The molecule has 94 valence electrons. The normalized spacial score (nSPS) is 43.2. The average Bonchev–Trinajstić information content (AvgIpc) is 2.43. The number of ether oxygens (including phenoxy) is 3. The Morgan fingerprint density at radius 3 is 2.76 bits per heavy atom. The van der Waals surface area contributed by atoms with Crippen molar-refractivity contribution in [3.8, 4) is 0 Å². The molecule has 0 spiro atoms. The van der Waals surface area contributed by atoms with Gasteiger partial charge >= 0.3 is 5.97 Å². The molecule has 1 heterocycles. The number of hydrogen-bond donors (Lipinski definition) is 0. The van der Waals surface area contributed by atoms with E-state index in [9.17, 15) is 4.79 Å². The first-order chi connectivity index (χ1) is 8.15. The lowest BCUT2D eigenvalue weighted by atomic mass is 9.86. The minimum absolute atomic E-state index is 0.0239. The van der Waals surface area contributed by atoms with Crippen molar-refractivity contribution in [2.75, 3.05) is 6.79 Å². The highest BCUT2D eigenvalue weighted by Crippen LogP contribution is 2.47. The maximum atomic E-state index is 11.6. The first-order valence-corrected chi connectivity index (χ1v) is 6.25. The summed E-state index contributed by atoms with van der Waals surface area (Å²) in [6.45, 7) is 5.63. The van der Waals surface area contributed by atoms with E-state index in [-0.39, 0.29) is 24.3 Å². The van der Waals surface area contributed by atoms with Crippen LogP contribution in [0.2, 0.25) is 0 Å². The zero-order chi connectivity index (χ0) is 12.0. The molecule has 0 aromatic carbocycles. The first-order valence-electron chi connectivity index (χ1n) is 6.25. The molecule has 5 unspecified atom stereocenters. The van der Waals surface area contributed by atoms with Crippen molar-refractivity contribution in [3.63, 3.8) is 0 Å². The van der Waals surface area contributed by atoms with E-state index in [2.05, 4.69) is 6.58 Å². The summed E-state index contributed by atoms with van der Waals surface area (Å²) in [5, 5.41) is 0. The van der Waals surface area contributed by atoms with Gasteiger partial charge in [0.15, 0.2) is 0 Å². The molecule has 3 bridgehead atoms. The molecule has 5 atom stereocenters. The van der Waals surface area contributed by atoms with Crippen LogP contribution >= 0.6 is 0 Å². The average molecular weight is 238 g/mol. The molecule has 0 aromatic heterocycles. The summed E-state index contributed by atoms with van der Waals surface area (Å²) in [4.78, 5) is 11.6. The molecule has 17 heavy (non-hydrogen) atoms. The van der Waals surface area contributed by atoms with Crippen molar-refractivity contribution in [1.29, 1.82) is 0 Å². The summed E-state index contributed by atoms with van der Waals surface area (Å²) in [5.41, 5.74) is 0.454. The summed E-state index contributed by atoms with van der Waals surface area (Å²) in [6, 6.07) is 0. The molecule has 2 aliphatic carbocycles. The molecule has 0 radical (unpaired) electrons. The van der Waals surface area contributed by atoms with Crippen molar-refractivity contribution in [1.82, 2.24) is 0 Å². The Morgan fingerprint density at radius 1 is 1.24 bits per heavy atom. The van der Waals surface area contributed by atoms with E-state index in [0.717, 1.165) is 19.3 Å². The van der Waals surface area contributed by atoms with Crippen molar-refractivity contribution < 1.29 is 19.0 Å². The fraction of sp³-hybridized carbons (Fsp3) is 0.769. The standard InChI is InChI=1S/C13H18O4/c1-7(2)13(14)17-12-9-3-8-4-10(5-9)15-6-16-11(8)12/h8-12H,1,3-6H2,2H3. The van der Waals surface area contributed by atoms with E-state index in [1.807, 2.05) is 0 Å². The van der Waals surface area contributed by atoms with Gasteiger partial charge in [-0.1, -0.05) is 6.58 Å². The minimum Gasteiger partial charge on any atom is -0.456 e. The Bertz CT molecular complexity index is 351. The monoisotopic (exact) mass is 238 g/mol. The van der Waals surface area contributed by atoms with Gasteiger partial charge in [-0.15, -0.1) is 0 Å². The smallest absolute Gasteiger partial charge is 0.333 e. The summed E-state index contributed by atoms with van der Waals surface area (Å²) in [7, 11) is 0. The maximum Gasteiger partial charge on any atom is 0.333 e. The molecule has 1 saturated heterocycles. The first kappa shape index (κ1) is 11.2. The predicted molar refractivity (Wildman–Crippen MR) is 60.1 cm³/mol. The molecule has 4 nitrogen and oxygen atoms in total. The molecule has 4 heteroatoms. The van der Waals surface area contributed by atoms with Crippen LogP contribution in [-0.2, 0) is 19.0 Å². The number of fused-ring (bicyclic) bond motifs is 2. The largest absolute Gasteiger partial charge is 0.456 e. The SMILES string of the molecule is C=C(C)C(=O)OC1C2CC3CC(C2)C1OCO3. The second-order valence-corrected chi connectivity index (χ2v) is 5.42. The highest BCUT2D eigenvalue weighted by Gasteiger charge is 2.52. The number of hydrogen-bond acceptors (Lipinski definition) is 4. The van der Waals surface area contributed by atoms with Crippen LogP contribution in [0.4, 0.5) is 0 Å². The maximum absolute atomic E-state index is 11.6. The third kappa shape index (κ3) is 1.89. The van der Waals surface area contributed by atoms with Crippen LogP contribution in [0.1, 0.15) is 26.2 Å². The second kappa shape index (κ2) is 4.10. The molecule has 3 aliphatic rings. The number of esters is 1. The van der Waals surface area contributed by atoms with Crippen molar-refractivity contribution in [2.24, 2.45) is 11.8 Å². The summed E-state index contributed by atoms with van der Waals surface area (Å²) < 4.78 is 16.8. The fourth-order valence-corrected chi connectivity index (χ4v) is 3.39. The Kier molecular flexibility index (Phi) is 2.71. The van der Waals surface area contributed by atoms with E-state index in [0.29, 0.717) is 24.2 Å². The topological polar surface area (TPSA) is 44.8 Å². The molecular weight excluding hydrogens is 220 g/mol. The van der Waals surface area contributed by atoms with Crippen molar-refractivity contribution in [2.45, 2.75) is 44.5 Å². The van der Waals surface area contributed by atoms with Gasteiger partial charge in [0.25, 0.3) is 0 Å². The van der Waals surface area contributed by atoms with Gasteiger partial charge in [-0.2, -0.15) is 0 Å². The van der Waals surface area contributed by atoms with Crippen molar-refractivity contribution >= 4 is 5.97 Å². The van der Waals surface area contributed by atoms with Crippen LogP contribution in [-0.4, -0.2) is 31.1 Å². The molecule has 1 aliphatic heterocycles. The van der Waals surface area contributed by atoms with Crippen LogP contribution in [0.15, 0.2) is 12.2 Å². The zero-order valence-electron chi connectivity index (χ0n) is 10.1. The lowest BCUT2D eigenvalue weighted by molar-refractivity contribution is -0.173. The van der Waals surface area contributed by atoms with Gasteiger partial charge in [-0.3, -0.25) is 0 Å². The van der Waals surface area contributed by atoms with E-state index < -0.39 is 0 Å². The molecular formula is C13H18O4. The summed E-state index contributed by atoms with van der Waals surface area (Å²) in [6.07, 6.45) is 3.34. The lowest BCUT2D eigenvalue weighted by Crippen LogP contribution is -2.36. The number of rotatable bonds is 2. The number of carbonyl (C=O) groups excluding carboxylic acids is 1. The molecule has 0 aromatic rings. The predicted octanol–water partition coefficient (Wildman–Crippen LogP) is 1.65. The van der Waals surface area contributed by atoms with Gasteiger partial charge in [-0.25, -0.2) is 4.79 Å². The summed E-state index contributed by atoms with van der Waals surface area (Å²) >= 11 is 0. The molecule has 2 saturated carbocycles. The van der Waals surface area contributed by atoms with Crippen LogP contribution in [0.25, 0.3) is 0 Å². The van der Waals surface area contributed by atoms with E-state index in [1.165, 1.54) is 0 Å². The van der Waals surface area contributed by atoms with Gasteiger partial charge in [0.05, 0.1) is 6.10 Å². The molecule has 0 N–H and O–H groups in total. The minimum atomic E-state index is -0.297. The molecule has 3 rings (SSSR count). The third-order valence-corrected chi connectivity index (χ3v) is 4.15. The van der Waals surface area contributed by atoms with Gasteiger partial charge in [0.1, 0.15) is 19.0 Å². The third-order valence-electron chi connectivity index (χ3n) is 4.15. The van der Waals surface area contributed by atoms with E-state index >= 15 is 0 Å².